The van der Waals surface area contributed by atoms with Gasteiger partial charge in [0, 0.05) is 14.5 Å². The predicted octanol–water partition coefficient (Wildman–Crippen LogP) is 5.00. The first-order valence-corrected chi connectivity index (χ1v) is 7.98. The molecular formula is C16H16Br2O2. The van der Waals surface area contributed by atoms with Gasteiger partial charge in [0.25, 0.3) is 0 Å². The third-order valence-corrected chi connectivity index (χ3v) is 4.45. The van der Waals surface area contributed by atoms with Crippen molar-refractivity contribution in [3.05, 3.63) is 62.0 Å². The zero-order chi connectivity index (χ0) is 14.7. The van der Waals surface area contributed by atoms with Crippen LogP contribution in [-0.4, -0.2) is 11.7 Å². The molecule has 2 aromatic rings. The first-order valence-electron chi connectivity index (χ1n) is 6.39. The van der Waals surface area contributed by atoms with E-state index < -0.39 is 6.10 Å². The van der Waals surface area contributed by atoms with Gasteiger partial charge in [-0.1, -0.05) is 44.0 Å². The molecule has 0 aromatic heterocycles. The molecule has 2 aromatic carbocycles. The van der Waals surface area contributed by atoms with Crippen LogP contribution in [0.25, 0.3) is 0 Å². The fourth-order valence-electron chi connectivity index (χ4n) is 2.04. The van der Waals surface area contributed by atoms with Gasteiger partial charge in [0.1, 0.15) is 11.9 Å². The molecule has 0 amide bonds. The highest BCUT2D eigenvalue weighted by Gasteiger charge is 2.16. The van der Waals surface area contributed by atoms with Gasteiger partial charge in [-0.15, -0.1) is 0 Å². The Hall–Kier alpha value is -0.840. The molecule has 2 nitrogen and oxygen atoms in total. The summed E-state index contributed by atoms with van der Waals surface area (Å²) in [6, 6.07) is 11.5. The number of hydrogen-bond donors (Lipinski definition) is 1. The molecule has 0 radical (unpaired) electrons. The number of aryl methyl sites for hydroxylation is 1. The summed E-state index contributed by atoms with van der Waals surface area (Å²) in [4.78, 5) is 0. The van der Waals surface area contributed by atoms with Crippen LogP contribution in [0.4, 0.5) is 0 Å². The quantitative estimate of drug-likeness (QED) is 0.783. The summed E-state index contributed by atoms with van der Waals surface area (Å²) < 4.78 is 7.55. The van der Waals surface area contributed by atoms with Crippen molar-refractivity contribution in [2.24, 2.45) is 0 Å². The van der Waals surface area contributed by atoms with Gasteiger partial charge in [-0.3, -0.25) is 0 Å². The summed E-state index contributed by atoms with van der Waals surface area (Å²) >= 11 is 6.91. The standard InChI is InChI=1S/C16H16Br2O2/c1-3-20-15-7-5-12(17)9-13(15)16(19)11-4-6-14(18)10(2)8-11/h4-9,16,19H,3H2,1-2H3. The second kappa shape index (κ2) is 6.74. The van der Waals surface area contributed by atoms with Crippen LogP contribution in [-0.2, 0) is 0 Å². The van der Waals surface area contributed by atoms with Gasteiger partial charge in [-0.05, 0) is 49.2 Å². The zero-order valence-corrected chi connectivity index (χ0v) is 14.5. The maximum absolute atomic E-state index is 10.6. The summed E-state index contributed by atoms with van der Waals surface area (Å²) in [6.07, 6.45) is -0.708. The lowest BCUT2D eigenvalue weighted by Gasteiger charge is -2.17. The molecule has 0 aliphatic rings. The number of aliphatic hydroxyl groups excluding tert-OH is 1. The Labute approximate surface area is 136 Å². The van der Waals surface area contributed by atoms with E-state index in [0.29, 0.717) is 12.4 Å². The Kier molecular flexibility index (Phi) is 5.24. The highest BCUT2D eigenvalue weighted by molar-refractivity contribution is 9.10. The van der Waals surface area contributed by atoms with Gasteiger partial charge in [0.15, 0.2) is 0 Å². The van der Waals surface area contributed by atoms with Crippen molar-refractivity contribution >= 4 is 31.9 Å². The number of halogens is 2. The van der Waals surface area contributed by atoms with Gasteiger partial charge < -0.3 is 9.84 Å². The molecule has 0 aliphatic heterocycles. The van der Waals surface area contributed by atoms with Gasteiger partial charge >= 0.3 is 0 Å². The number of hydrogen-bond acceptors (Lipinski definition) is 2. The lowest BCUT2D eigenvalue weighted by molar-refractivity contribution is 0.212. The lowest BCUT2D eigenvalue weighted by Crippen LogP contribution is -2.04. The fourth-order valence-corrected chi connectivity index (χ4v) is 2.66. The van der Waals surface area contributed by atoms with Crippen LogP contribution in [0.3, 0.4) is 0 Å². The number of ether oxygens (including phenoxy) is 1. The van der Waals surface area contributed by atoms with Crippen molar-refractivity contribution < 1.29 is 9.84 Å². The number of rotatable bonds is 4. The van der Waals surface area contributed by atoms with Crippen molar-refractivity contribution in [3.63, 3.8) is 0 Å². The van der Waals surface area contributed by atoms with E-state index in [4.69, 9.17) is 4.74 Å². The van der Waals surface area contributed by atoms with Gasteiger partial charge in [0.2, 0.25) is 0 Å². The average Bonchev–Trinajstić information content (AvgIpc) is 2.43. The molecule has 1 N–H and O–H groups in total. The second-order valence-electron chi connectivity index (χ2n) is 4.53. The first kappa shape index (κ1) is 15.5. The molecule has 0 aliphatic carbocycles. The second-order valence-corrected chi connectivity index (χ2v) is 6.30. The molecule has 20 heavy (non-hydrogen) atoms. The average molecular weight is 400 g/mol. The van der Waals surface area contributed by atoms with Crippen LogP contribution in [0.2, 0.25) is 0 Å². The highest BCUT2D eigenvalue weighted by atomic mass is 79.9. The Morgan fingerprint density at radius 2 is 1.90 bits per heavy atom. The van der Waals surface area contributed by atoms with Crippen LogP contribution in [0.1, 0.15) is 29.7 Å². The predicted molar refractivity (Wildman–Crippen MR) is 88.3 cm³/mol. The van der Waals surface area contributed by atoms with Crippen molar-refractivity contribution in [2.45, 2.75) is 20.0 Å². The van der Waals surface area contributed by atoms with Crippen molar-refractivity contribution in [1.29, 1.82) is 0 Å². The molecule has 106 valence electrons. The number of benzene rings is 2. The van der Waals surface area contributed by atoms with E-state index in [1.54, 1.807) is 0 Å². The van der Waals surface area contributed by atoms with E-state index in [9.17, 15) is 5.11 Å². The van der Waals surface area contributed by atoms with E-state index >= 15 is 0 Å². The summed E-state index contributed by atoms with van der Waals surface area (Å²) in [5.74, 6) is 0.712. The minimum absolute atomic E-state index is 0.570. The monoisotopic (exact) mass is 398 g/mol. The zero-order valence-electron chi connectivity index (χ0n) is 11.4. The molecule has 0 bridgehead atoms. The summed E-state index contributed by atoms with van der Waals surface area (Å²) in [7, 11) is 0. The molecule has 4 heteroatoms. The number of aliphatic hydroxyl groups is 1. The van der Waals surface area contributed by atoms with Crippen LogP contribution >= 0.6 is 31.9 Å². The Balaban J connectivity index is 2.43. The molecule has 0 fully saturated rings. The molecule has 0 saturated heterocycles. The maximum atomic E-state index is 10.6. The molecule has 1 atom stereocenters. The van der Waals surface area contributed by atoms with Crippen LogP contribution < -0.4 is 4.74 Å². The van der Waals surface area contributed by atoms with E-state index in [2.05, 4.69) is 31.9 Å². The molecular weight excluding hydrogens is 384 g/mol. The summed E-state index contributed by atoms with van der Waals surface area (Å²) in [5, 5.41) is 10.6. The minimum atomic E-state index is -0.708. The molecule has 0 saturated carbocycles. The Bertz CT molecular complexity index is 611. The topological polar surface area (TPSA) is 29.5 Å². The van der Waals surface area contributed by atoms with E-state index in [1.807, 2.05) is 50.2 Å². The van der Waals surface area contributed by atoms with Crippen molar-refractivity contribution in [3.8, 4) is 5.75 Å². The maximum Gasteiger partial charge on any atom is 0.125 e. The molecule has 2 rings (SSSR count). The molecule has 0 spiro atoms. The van der Waals surface area contributed by atoms with Crippen molar-refractivity contribution in [1.82, 2.24) is 0 Å². The Morgan fingerprint density at radius 3 is 2.55 bits per heavy atom. The minimum Gasteiger partial charge on any atom is -0.493 e. The fraction of sp³-hybridized carbons (Fsp3) is 0.250. The largest absolute Gasteiger partial charge is 0.493 e. The van der Waals surface area contributed by atoms with Gasteiger partial charge in [-0.2, -0.15) is 0 Å². The lowest BCUT2D eigenvalue weighted by atomic mass is 9.99. The van der Waals surface area contributed by atoms with Crippen LogP contribution in [0.15, 0.2) is 45.3 Å². The molecule has 0 heterocycles. The van der Waals surface area contributed by atoms with E-state index in [1.165, 1.54) is 0 Å². The van der Waals surface area contributed by atoms with Gasteiger partial charge in [0.05, 0.1) is 6.61 Å². The highest BCUT2D eigenvalue weighted by Crippen LogP contribution is 2.33. The third-order valence-electron chi connectivity index (χ3n) is 3.06. The van der Waals surface area contributed by atoms with Crippen molar-refractivity contribution in [2.75, 3.05) is 6.61 Å². The summed E-state index contributed by atoms with van der Waals surface area (Å²) in [6.45, 7) is 4.51. The normalized spacial score (nSPS) is 12.2. The SMILES string of the molecule is CCOc1ccc(Br)cc1C(O)c1ccc(Br)c(C)c1. The van der Waals surface area contributed by atoms with E-state index in [0.717, 1.165) is 25.6 Å². The molecule has 1 unspecified atom stereocenters. The van der Waals surface area contributed by atoms with E-state index in [-0.39, 0.29) is 0 Å². The third kappa shape index (κ3) is 3.43. The van der Waals surface area contributed by atoms with Crippen LogP contribution in [0.5, 0.6) is 5.75 Å². The summed E-state index contributed by atoms with van der Waals surface area (Å²) in [5.41, 5.74) is 2.71. The smallest absolute Gasteiger partial charge is 0.125 e. The van der Waals surface area contributed by atoms with Crippen LogP contribution in [0, 0.1) is 6.92 Å². The van der Waals surface area contributed by atoms with Gasteiger partial charge in [-0.25, -0.2) is 0 Å². The first-order chi connectivity index (χ1) is 9.52. The Morgan fingerprint density at radius 1 is 1.15 bits per heavy atom.